The van der Waals surface area contributed by atoms with Gasteiger partial charge in [-0.2, -0.15) is 0 Å². The van der Waals surface area contributed by atoms with Crippen molar-refractivity contribution in [2.75, 3.05) is 13.7 Å². The van der Waals surface area contributed by atoms with Crippen LogP contribution in [0.2, 0.25) is 0 Å². The lowest BCUT2D eigenvalue weighted by Crippen LogP contribution is -2.29. The van der Waals surface area contributed by atoms with Crippen LogP contribution in [0.25, 0.3) is 6.08 Å². The first kappa shape index (κ1) is 25.1. The number of carbonyl (C=O) groups excluding carboxylic acids is 2. The number of carboxylic acids is 1. The predicted octanol–water partition coefficient (Wildman–Crippen LogP) is 5.64. The second kappa shape index (κ2) is 11.6. The zero-order valence-electron chi connectivity index (χ0n) is 19.7. The summed E-state index contributed by atoms with van der Waals surface area (Å²) in [4.78, 5) is 38.4. The normalized spacial score (nSPS) is 14.4. The molecule has 3 aromatic rings. The summed E-state index contributed by atoms with van der Waals surface area (Å²) in [6.45, 7) is 0.446. The van der Waals surface area contributed by atoms with Crippen molar-refractivity contribution >= 4 is 35.0 Å². The second-order valence-corrected chi connectivity index (χ2v) is 9.09. The zero-order valence-corrected chi connectivity index (χ0v) is 20.5. The first-order valence-electron chi connectivity index (χ1n) is 11.4. The van der Waals surface area contributed by atoms with E-state index in [4.69, 9.17) is 9.47 Å². The van der Waals surface area contributed by atoms with Crippen LogP contribution in [-0.2, 0) is 17.8 Å². The number of benzene rings is 3. The lowest BCUT2D eigenvalue weighted by Gasteiger charge is -2.14. The Balaban J connectivity index is 1.49. The van der Waals surface area contributed by atoms with Crippen molar-refractivity contribution in [2.45, 2.75) is 19.4 Å². The van der Waals surface area contributed by atoms with Crippen molar-refractivity contribution in [1.29, 1.82) is 0 Å². The molecule has 0 unspecified atom stereocenters. The molecule has 1 heterocycles. The van der Waals surface area contributed by atoms with E-state index in [1.165, 1.54) is 24.1 Å². The lowest BCUT2D eigenvalue weighted by molar-refractivity contribution is -0.122. The van der Waals surface area contributed by atoms with Gasteiger partial charge in [-0.1, -0.05) is 54.6 Å². The van der Waals surface area contributed by atoms with Crippen molar-refractivity contribution in [1.82, 2.24) is 4.90 Å². The minimum absolute atomic E-state index is 0.100. The molecule has 0 spiro atoms. The number of methoxy groups -OCH3 is 1. The summed E-state index contributed by atoms with van der Waals surface area (Å²) in [5, 5.41) is 8.93. The van der Waals surface area contributed by atoms with E-state index in [2.05, 4.69) is 0 Å². The molecule has 36 heavy (non-hydrogen) atoms. The Morgan fingerprint density at radius 1 is 1.00 bits per heavy atom. The van der Waals surface area contributed by atoms with E-state index < -0.39 is 5.97 Å². The van der Waals surface area contributed by atoms with Crippen molar-refractivity contribution in [3.63, 3.8) is 0 Å². The number of carboxylic acid groups (broad SMARTS) is 1. The molecule has 1 N–H and O–H groups in total. The molecule has 184 valence electrons. The monoisotopic (exact) mass is 503 g/mol. The van der Waals surface area contributed by atoms with Gasteiger partial charge in [0.25, 0.3) is 11.1 Å². The van der Waals surface area contributed by atoms with Crippen molar-refractivity contribution in [3.8, 4) is 11.5 Å². The number of aryl methyl sites for hydroxylation is 1. The van der Waals surface area contributed by atoms with Gasteiger partial charge < -0.3 is 14.6 Å². The molecule has 7 nitrogen and oxygen atoms in total. The van der Waals surface area contributed by atoms with Gasteiger partial charge in [-0.05, 0) is 60.0 Å². The van der Waals surface area contributed by atoms with E-state index in [-0.39, 0.29) is 23.3 Å². The number of hydrogen-bond donors (Lipinski definition) is 1. The van der Waals surface area contributed by atoms with Crippen LogP contribution in [0.15, 0.2) is 77.7 Å². The van der Waals surface area contributed by atoms with Gasteiger partial charge in [0.05, 0.1) is 17.6 Å². The van der Waals surface area contributed by atoms with Crippen LogP contribution in [0, 0.1) is 0 Å². The highest BCUT2D eigenvalue weighted by molar-refractivity contribution is 8.18. The Labute approximate surface area is 213 Å². The number of aromatic carboxylic acids is 1. The van der Waals surface area contributed by atoms with Crippen molar-refractivity contribution < 1.29 is 29.0 Å². The largest absolute Gasteiger partial charge is 0.493 e. The Morgan fingerprint density at radius 3 is 2.50 bits per heavy atom. The highest BCUT2D eigenvalue weighted by Gasteiger charge is 2.34. The van der Waals surface area contributed by atoms with Crippen LogP contribution < -0.4 is 9.47 Å². The number of para-hydroxylation sites is 1. The van der Waals surface area contributed by atoms with Gasteiger partial charge >= 0.3 is 5.97 Å². The molecule has 8 heteroatoms. The van der Waals surface area contributed by atoms with Crippen LogP contribution in [-0.4, -0.2) is 40.8 Å². The minimum atomic E-state index is -1.02. The number of hydrogen-bond acceptors (Lipinski definition) is 6. The number of imide groups is 1. The van der Waals surface area contributed by atoms with E-state index in [9.17, 15) is 19.5 Å². The van der Waals surface area contributed by atoms with E-state index >= 15 is 0 Å². The fourth-order valence-electron chi connectivity index (χ4n) is 3.83. The van der Waals surface area contributed by atoms with Crippen LogP contribution in [0.5, 0.6) is 11.5 Å². The maximum absolute atomic E-state index is 13.0. The summed E-state index contributed by atoms with van der Waals surface area (Å²) >= 11 is 0.902. The predicted molar refractivity (Wildman–Crippen MR) is 138 cm³/mol. The van der Waals surface area contributed by atoms with E-state index in [1.807, 2.05) is 30.3 Å². The molecule has 4 rings (SSSR count). The molecule has 0 radical (unpaired) electrons. The number of thioether (sulfide) groups is 1. The molecule has 0 aromatic heterocycles. The fraction of sp³-hybridized carbons (Fsp3) is 0.179. The first-order valence-corrected chi connectivity index (χ1v) is 12.2. The van der Waals surface area contributed by atoms with E-state index in [0.717, 1.165) is 23.7 Å². The maximum Gasteiger partial charge on any atom is 0.335 e. The molecule has 0 bridgehead atoms. The van der Waals surface area contributed by atoms with Gasteiger partial charge in [0, 0.05) is 12.1 Å². The molecule has 0 saturated carbocycles. The molecule has 1 aliphatic rings. The van der Waals surface area contributed by atoms with Crippen LogP contribution >= 0.6 is 11.8 Å². The van der Waals surface area contributed by atoms with E-state index in [1.54, 1.807) is 36.4 Å². The Hall–Kier alpha value is -4.04. The lowest BCUT2D eigenvalue weighted by atomic mass is 10.1. The molecule has 1 fully saturated rings. The molecule has 1 saturated heterocycles. The quantitative estimate of drug-likeness (QED) is 0.358. The average molecular weight is 504 g/mol. The summed E-state index contributed by atoms with van der Waals surface area (Å²) in [6, 6.07) is 21.7. The highest BCUT2D eigenvalue weighted by Crippen LogP contribution is 2.38. The summed E-state index contributed by atoms with van der Waals surface area (Å²) in [6.07, 6.45) is 3.09. The number of nitrogens with zero attached hydrogens (tertiary/aromatic N) is 1. The number of ether oxygens (including phenoxy) is 2. The molecule has 2 amide bonds. The van der Waals surface area contributed by atoms with Gasteiger partial charge in [0.2, 0.25) is 0 Å². The van der Waals surface area contributed by atoms with Crippen molar-refractivity contribution in [3.05, 3.63) is 100.0 Å². The Morgan fingerprint density at radius 2 is 1.75 bits per heavy atom. The smallest absolute Gasteiger partial charge is 0.335 e. The summed E-state index contributed by atoms with van der Waals surface area (Å²) in [7, 11) is 1.51. The Kier molecular flexibility index (Phi) is 8.07. The third kappa shape index (κ3) is 5.95. The van der Waals surface area contributed by atoms with Gasteiger partial charge in [-0.15, -0.1) is 0 Å². The van der Waals surface area contributed by atoms with Gasteiger partial charge in [-0.3, -0.25) is 14.5 Å². The second-order valence-electron chi connectivity index (χ2n) is 8.10. The van der Waals surface area contributed by atoms with Gasteiger partial charge in [0.15, 0.2) is 11.5 Å². The zero-order chi connectivity index (χ0) is 25.5. The number of rotatable bonds is 10. The fourth-order valence-corrected chi connectivity index (χ4v) is 4.69. The topological polar surface area (TPSA) is 93.1 Å². The third-order valence-corrected chi connectivity index (χ3v) is 6.54. The molecule has 0 aliphatic carbocycles. The van der Waals surface area contributed by atoms with Crippen molar-refractivity contribution in [2.24, 2.45) is 0 Å². The van der Waals surface area contributed by atoms with Gasteiger partial charge in [-0.25, -0.2) is 4.79 Å². The third-order valence-electron chi connectivity index (χ3n) is 5.64. The maximum atomic E-state index is 13.0. The molecule has 0 atom stereocenters. The highest BCUT2D eigenvalue weighted by atomic mass is 32.2. The SMILES string of the molecule is COc1cccc(/C=C2/SC(=O)N(CCCc3ccccc3)C2=O)c1OCc1cccc(C(=O)O)c1. The number of carbonyl (C=O) groups is 3. The standard InChI is InChI=1S/C28H25NO6S/c1-34-23-14-6-12-21(25(23)35-18-20-10-5-13-22(16-20)27(31)32)17-24-26(30)29(28(33)36-24)15-7-11-19-8-3-2-4-9-19/h2-6,8-10,12-14,16-17H,7,11,15,18H2,1H3,(H,31,32)/b24-17+. The van der Waals surface area contributed by atoms with E-state index in [0.29, 0.717) is 40.5 Å². The summed E-state index contributed by atoms with van der Waals surface area (Å²) in [5.41, 5.74) is 2.58. The number of amides is 2. The first-order chi connectivity index (χ1) is 17.5. The van der Waals surface area contributed by atoms with Gasteiger partial charge in [0.1, 0.15) is 6.61 Å². The van der Waals surface area contributed by atoms with Crippen LogP contribution in [0.1, 0.15) is 33.5 Å². The minimum Gasteiger partial charge on any atom is -0.493 e. The molecular weight excluding hydrogens is 478 g/mol. The average Bonchev–Trinajstić information content (AvgIpc) is 3.15. The molecule has 3 aromatic carbocycles. The molecular formula is C28H25NO6S. The summed E-state index contributed by atoms with van der Waals surface area (Å²) in [5.74, 6) is -0.493. The summed E-state index contributed by atoms with van der Waals surface area (Å²) < 4.78 is 11.5. The van der Waals surface area contributed by atoms with Crippen LogP contribution in [0.4, 0.5) is 4.79 Å². The molecule has 1 aliphatic heterocycles. The Bertz CT molecular complexity index is 1300. The van der Waals surface area contributed by atoms with Crippen LogP contribution in [0.3, 0.4) is 0 Å².